The third-order valence-corrected chi connectivity index (χ3v) is 2.66. The van der Waals surface area contributed by atoms with Gasteiger partial charge in [0, 0.05) is 6.04 Å². The molecule has 1 aromatic rings. The van der Waals surface area contributed by atoms with E-state index in [0.29, 0.717) is 0 Å². The van der Waals surface area contributed by atoms with Crippen molar-refractivity contribution in [1.82, 2.24) is 0 Å². The molecule has 1 amide bonds. The first-order valence-electron chi connectivity index (χ1n) is 5.30. The van der Waals surface area contributed by atoms with Crippen molar-refractivity contribution in [2.45, 2.75) is 32.9 Å². The molecule has 1 unspecified atom stereocenters. The molecule has 0 aromatic heterocycles. The molecule has 80 valence electrons. The number of fused-ring (bicyclic) bond motifs is 1. The molecule has 1 aliphatic heterocycles. The molecule has 0 spiro atoms. The molecule has 1 heterocycles. The van der Waals surface area contributed by atoms with Crippen LogP contribution < -0.4 is 10.2 Å². The molecular weight excluding hydrogens is 188 g/mol. The van der Waals surface area contributed by atoms with E-state index in [1.165, 1.54) is 0 Å². The first-order valence-corrected chi connectivity index (χ1v) is 5.30. The highest BCUT2D eigenvalue weighted by Crippen LogP contribution is 2.32. The lowest BCUT2D eigenvalue weighted by molar-refractivity contribution is -0.119. The lowest BCUT2D eigenvalue weighted by atomic mass is 10.1. The van der Waals surface area contributed by atoms with Crippen LogP contribution in [0.2, 0.25) is 0 Å². The van der Waals surface area contributed by atoms with E-state index in [1.807, 2.05) is 49.9 Å². The molecule has 0 saturated heterocycles. The Morgan fingerprint density at radius 2 is 2.00 bits per heavy atom. The lowest BCUT2D eigenvalue weighted by Gasteiger charge is -2.36. The van der Waals surface area contributed by atoms with Crippen molar-refractivity contribution < 1.29 is 4.79 Å². The van der Waals surface area contributed by atoms with Crippen molar-refractivity contribution in [2.75, 3.05) is 10.2 Å². The van der Waals surface area contributed by atoms with Gasteiger partial charge in [-0.3, -0.25) is 4.79 Å². The second kappa shape index (κ2) is 3.57. The fraction of sp³-hybridized carbons (Fsp3) is 0.417. The maximum Gasteiger partial charge on any atom is 0.249 e. The molecule has 0 radical (unpaired) electrons. The summed E-state index contributed by atoms with van der Waals surface area (Å²) in [5.41, 5.74) is 2.02. The number of amides is 1. The Morgan fingerprint density at radius 1 is 1.33 bits per heavy atom. The zero-order valence-electron chi connectivity index (χ0n) is 9.32. The number of benzene rings is 1. The topological polar surface area (TPSA) is 32.3 Å². The first kappa shape index (κ1) is 10.0. The fourth-order valence-corrected chi connectivity index (χ4v) is 1.96. The van der Waals surface area contributed by atoms with E-state index in [2.05, 4.69) is 5.32 Å². The van der Waals surface area contributed by atoms with Crippen LogP contribution in [0.15, 0.2) is 24.3 Å². The molecule has 1 N–H and O–H groups in total. The quantitative estimate of drug-likeness (QED) is 0.761. The van der Waals surface area contributed by atoms with Crippen LogP contribution in [0.25, 0.3) is 0 Å². The lowest BCUT2D eigenvalue weighted by Crippen LogP contribution is -2.48. The predicted octanol–water partition coefficient (Wildman–Crippen LogP) is 2.24. The van der Waals surface area contributed by atoms with E-state index in [9.17, 15) is 4.79 Å². The van der Waals surface area contributed by atoms with Gasteiger partial charge in [-0.25, -0.2) is 0 Å². The number of para-hydroxylation sites is 2. The van der Waals surface area contributed by atoms with Crippen molar-refractivity contribution in [1.29, 1.82) is 0 Å². The van der Waals surface area contributed by atoms with E-state index in [0.717, 1.165) is 11.4 Å². The van der Waals surface area contributed by atoms with Crippen LogP contribution in [-0.2, 0) is 4.79 Å². The van der Waals surface area contributed by atoms with E-state index < -0.39 is 0 Å². The van der Waals surface area contributed by atoms with Gasteiger partial charge in [0.05, 0.1) is 11.4 Å². The van der Waals surface area contributed by atoms with Crippen molar-refractivity contribution in [3.8, 4) is 0 Å². The number of nitrogens with one attached hydrogen (secondary N) is 1. The second-order valence-corrected chi connectivity index (χ2v) is 4.19. The summed E-state index contributed by atoms with van der Waals surface area (Å²) in [6.45, 7) is 5.97. The largest absolute Gasteiger partial charge is 0.372 e. The molecule has 0 saturated carbocycles. The Morgan fingerprint density at radius 3 is 2.67 bits per heavy atom. The molecule has 3 heteroatoms. The van der Waals surface area contributed by atoms with Crippen molar-refractivity contribution in [2.24, 2.45) is 0 Å². The SMILES string of the molecule is CC1Nc2ccccc2N(C(C)C)C1=O. The molecule has 2 rings (SSSR count). The fourth-order valence-electron chi connectivity index (χ4n) is 1.96. The second-order valence-electron chi connectivity index (χ2n) is 4.19. The van der Waals surface area contributed by atoms with Gasteiger partial charge in [0.15, 0.2) is 0 Å². The van der Waals surface area contributed by atoms with Crippen LogP contribution in [0, 0.1) is 0 Å². The molecule has 15 heavy (non-hydrogen) atoms. The Balaban J connectivity index is 2.49. The summed E-state index contributed by atoms with van der Waals surface area (Å²) in [6, 6.07) is 7.98. The van der Waals surface area contributed by atoms with Gasteiger partial charge in [-0.15, -0.1) is 0 Å². The number of rotatable bonds is 1. The van der Waals surface area contributed by atoms with E-state index in [-0.39, 0.29) is 18.0 Å². The Hall–Kier alpha value is -1.51. The standard InChI is InChI=1S/C12H16N2O/c1-8(2)14-11-7-5-4-6-10(11)13-9(3)12(14)15/h4-9,13H,1-3H3. The summed E-state index contributed by atoms with van der Waals surface area (Å²) in [6.07, 6.45) is 0. The summed E-state index contributed by atoms with van der Waals surface area (Å²) >= 11 is 0. The highest BCUT2D eigenvalue weighted by atomic mass is 16.2. The minimum Gasteiger partial charge on any atom is -0.372 e. The van der Waals surface area contributed by atoms with Crippen molar-refractivity contribution >= 4 is 17.3 Å². The summed E-state index contributed by atoms with van der Waals surface area (Å²) in [4.78, 5) is 13.9. The van der Waals surface area contributed by atoms with Gasteiger partial charge in [-0.05, 0) is 32.9 Å². The highest BCUT2D eigenvalue weighted by Gasteiger charge is 2.30. The molecule has 1 aromatic carbocycles. The number of carbonyl (C=O) groups is 1. The molecule has 1 atom stereocenters. The van der Waals surface area contributed by atoms with Crippen LogP contribution >= 0.6 is 0 Å². The van der Waals surface area contributed by atoms with Crippen LogP contribution in [-0.4, -0.2) is 18.0 Å². The van der Waals surface area contributed by atoms with Gasteiger partial charge >= 0.3 is 0 Å². The summed E-state index contributed by atoms with van der Waals surface area (Å²) < 4.78 is 0. The average Bonchev–Trinajstić information content (AvgIpc) is 2.19. The summed E-state index contributed by atoms with van der Waals surface area (Å²) in [5, 5.41) is 3.20. The van der Waals surface area contributed by atoms with Crippen LogP contribution in [0.1, 0.15) is 20.8 Å². The van der Waals surface area contributed by atoms with Gasteiger partial charge in [0.1, 0.15) is 6.04 Å². The third kappa shape index (κ3) is 1.58. The van der Waals surface area contributed by atoms with Crippen LogP contribution in [0.5, 0.6) is 0 Å². The molecule has 1 aliphatic rings. The Labute approximate surface area is 90.1 Å². The normalized spacial score (nSPS) is 20.1. The minimum atomic E-state index is -0.137. The van der Waals surface area contributed by atoms with E-state index in [1.54, 1.807) is 0 Å². The number of hydrogen-bond acceptors (Lipinski definition) is 2. The minimum absolute atomic E-state index is 0.137. The van der Waals surface area contributed by atoms with Crippen LogP contribution in [0.3, 0.4) is 0 Å². The summed E-state index contributed by atoms with van der Waals surface area (Å²) in [7, 11) is 0. The van der Waals surface area contributed by atoms with Crippen molar-refractivity contribution in [3.05, 3.63) is 24.3 Å². The zero-order chi connectivity index (χ0) is 11.0. The number of carbonyl (C=O) groups excluding carboxylic acids is 1. The predicted molar refractivity (Wildman–Crippen MR) is 62.1 cm³/mol. The van der Waals surface area contributed by atoms with E-state index >= 15 is 0 Å². The molecule has 3 nitrogen and oxygen atoms in total. The number of nitrogens with zero attached hydrogens (tertiary/aromatic N) is 1. The third-order valence-electron chi connectivity index (χ3n) is 2.66. The van der Waals surface area contributed by atoms with Gasteiger partial charge in [0.25, 0.3) is 0 Å². The molecular formula is C12H16N2O. The van der Waals surface area contributed by atoms with Gasteiger partial charge < -0.3 is 10.2 Å². The highest BCUT2D eigenvalue weighted by molar-refractivity contribution is 6.05. The zero-order valence-corrected chi connectivity index (χ0v) is 9.32. The number of anilines is 2. The smallest absolute Gasteiger partial charge is 0.249 e. The maximum absolute atomic E-state index is 12.0. The van der Waals surface area contributed by atoms with Gasteiger partial charge in [-0.2, -0.15) is 0 Å². The Bertz CT molecular complexity index is 387. The Kier molecular flexibility index (Phi) is 2.39. The van der Waals surface area contributed by atoms with Gasteiger partial charge in [-0.1, -0.05) is 12.1 Å². The van der Waals surface area contributed by atoms with E-state index in [4.69, 9.17) is 0 Å². The molecule has 0 bridgehead atoms. The van der Waals surface area contributed by atoms with Gasteiger partial charge in [0.2, 0.25) is 5.91 Å². The van der Waals surface area contributed by atoms with Crippen molar-refractivity contribution in [3.63, 3.8) is 0 Å². The molecule has 0 fully saturated rings. The summed E-state index contributed by atoms with van der Waals surface area (Å²) in [5.74, 6) is 0.142. The van der Waals surface area contributed by atoms with Crippen LogP contribution in [0.4, 0.5) is 11.4 Å². The number of hydrogen-bond donors (Lipinski definition) is 1. The first-order chi connectivity index (χ1) is 7.11. The maximum atomic E-state index is 12.0. The molecule has 0 aliphatic carbocycles. The monoisotopic (exact) mass is 204 g/mol. The average molecular weight is 204 g/mol.